The Labute approximate surface area is 83.8 Å². The summed E-state index contributed by atoms with van der Waals surface area (Å²) in [4.78, 5) is 4.09. The normalized spacial score (nSPS) is 21.8. The van der Waals surface area contributed by atoms with Gasteiger partial charge in [0.2, 0.25) is 0 Å². The Bertz CT molecular complexity index is 357. The number of nitrogens with zero attached hydrogens (tertiary/aromatic N) is 1. The monoisotopic (exact) mass is 189 g/mol. The van der Waals surface area contributed by atoms with Gasteiger partial charge in [0.05, 0.1) is 0 Å². The summed E-state index contributed by atoms with van der Waals surface area (Å²) in [5.41, 5.74) is 14.9. The summed E-state index contributed by atoms with van der Waals surface area (Å²) in [6, 6.07) is 2.15. The maximum atomic E-state index is 5.87. The molecule has 3 nitrogen and oxygen atoms in total. The molecule has 0 radical (unpaired) electrons. The molecule has 0 saturated carbocycles. The smallest absolute Gasteiger partial charge is 0.0421 e. The van der Waals surface area contributed by atoms with Crippen LogP contribution >= 0.6 is 0 Å². The average molecular weight is 189 g/mol. The zero-order chi connectivity index (χ0) is 9.97. The number of aromatic nitrogens is 1. The third-order valence-electron chi connectivity index (χ3n) is 2.65. The number of anilines is 1. The van der Waals surface area contributed by atoms with Gasteiger partial charge >= 0.3 is 0 Å². The lowest BCUT2D eigenvalue weighted by atomic mass is 9.91. The Morgan fingerprint density at radius 2 is 2.29 bits per heavy atom. The highest BCUT2D eigenvalue weighted by atomic mass is 14.7. The van der Waals surface area contributed by atoms with E-state index in [1.165, 1.54) is 5.57 Å². The van der Waals surface area contributed by atoms with Crippen LogP contribution < -0.4 is 11.5 Å². The van der Waals surface area contributed by atoms with Crippen molar-refractivity contribution in [3.63, 3.8) is 0 Å². The van der Waals surface area contributed by atoms with Crippen LogP contribution in [0.25, 0.3) is 5.57 Å². The van der Waals surface area contributed by atoms with Crippen LogP contribution in [0, 0.1) is 0 Å². The van der Waals surface area contributed by atoms with Gasteiger partial charge < -0.3 is 11.5 Å². The van der Waals surface area contributed by atoms with Crippen LogP contribution in [0.2, 0.25) is 0 Å². The summed E-state index contributed by atoms with van der Waals surface area (Å²) >= 11 is 0. The summed E-state index contributed by atoms with van der Waals surface area (Å²) in [5, 5.41) is 0. The fourth-order valence-electron chi connectivity index (χ4n) is 1.77. The Hall–Kier alpha value is -1.35. The molecule has 1 atom stereocenters. The molecule has 0 bridgehead atoms. The summed E-state index contributed by atoms with van der Waals surface area (Å²) in [6.07, 6.45) is 8.73. The number of nitrogen functional groups attached to an aromatic ring is 1. The minimum absolute atomic E-state index is 0.316. The maximum Gasteiger partial charge on any atom is 0.0421 e. The first-order valence-corrected chi connectivity index (χ1v) is 4.92. The number of pyridine rings is 1. The van der Waals surface area contributed by atoms with E-state index in [0.717, 1.165) is 30.5 Å². The molecule has 1 unspecified atom stereocenters. The predicted octanol–water partition coefficient (Wildman–Crippen LogP) is 1.56. The molecule has 0 amide bonds. The van der Waals surface area contributed by atoms with E-state index in [1.807, 2.05) is 12.3 Å². The highest BCUT2D eigenvalue weighted by molar-refractivity contribution is 5.74. The molecule has 1 aromatic rings. The second-order valence-corrected chi connectivity index (χ2v) is 3.73. The summed E-state index contributed by atoms with van der Waals surface area (Å²) in [7, 11) is 0. The number of allylic oxidation sites excluding steroid dienone is 1. The Balaban J connectivity index is 2.28. The second kappa shape index (κ2) is 3.80. The van der Waals surface area contributed by atoms with E-state index < -0.39 is 0 Å². The quantitative estimate of drug-likeness (QED) is 0.704. The van der Waals surface area contributed by atoms with Crippen LogP contribution in [0.4, 0.5) is 5.69 Å². The van der Waals surface area contributed by atoms with Crippen molar-refractivity contribution >= 4 is 11.3 Å². The zero-order valence-electron chi connectivity index (χ0n) is 8.11. The molecule has 0 fully saturated rings. The summed E-state index contributed by atoms with van der Waals surface area (Å²) in [5.74, 6) is 0. The lowest BCUT2D eigenvalue weighted by Crippen LogP contribution is -2.21. The molecule has 0 spiro atoms. The van der Waals surface area contributed by atoms with Crippen LogP contribution in [-0.2, 0) is 0 Å². The van der Waals surface area contributed by atoms with Gasteiger partial charge in [0, 0.05) is 29.7 Å². The van der Waals surface area contributed by atoms with Crippen molar-refractivity contribution < 1.29 is 0 Å². The minimum Gasteiger partial charge on any atom is -0.398 e. The molecular weight excluding hydrogens is 174 g/mol. The van der Waals surface area contributed by atoms with Crippen molar-refractivity contribution in [2.45, 2.75) is 25.3 Å². The molecule has 74 valence electrons. The zero-order valence-corrected chi connectivity index (χ0v) is 8.11. The molecule has 14 heavy (non-hydrogen) atoms. The van der Waals surface area contributed by atoms with E-state index in [4.69, 9.17) is 11.5 Å². The van der Waals surface area contributed by atoms with Crippen LogP contribution in [0.1, 0.15) is 24.8 Å². The first-order chi connectivity index (χ1) is 6.77. The molecular formula is C11H15N3. The lowest BCUT2D eigenvalue weighted by molar-refractivity contribution is 0.614. The van der Waals surface area contributed by atoms with Crippen molar-refractivity contribution in [3.05, 3.63) is 30.1 Å². The van der Waals surface area contributed by atoms with Gasteiger partial charge in [-0.3, -0.25) is 4.98 Å². The Morgan fingerprint density at radius 1 is 1.43 bits per heavy atom. The molecule has 1 aliphatic rings. The van der Waals surface area contributed by atoms with Crippen molar-refractivity contribution in [2.75, 3.05) is 5.73 Å². The Morgan fingerprint density at radius 3 is 2.93 bits per heavy atom. The van der Waals surface area contributed by atoms with E-state index in [-0.39, 0.29) is 0 Å². The molecule has 1 aliphatic carbocycles. The number of nitrogens with two attached hydrogens (primary N) is 2. The van der Waals surface area contributed by atoms with Gasteiger partial charge in [0.15, 0.2) is 0 Å². The topological polar surface area (TPSA) is 64.9 Å². The molecule has 4 N–H and O–H groups in total. The molecule has 1 heterocycles. The van der Waals surface area contributed by atoms with Crippen LogP contribution in [0.5, 0.6) is 0 Å². The standard InChI is InChI=1S/C11H15N3/c12-9-3-1-8(2-4-9)10-7-14-6-5-11(10)13/h1,5-7,9H,2-4,12H2,(H2,13,14). The van der Waals surface area contributed by atoms with Crippen LogP contribution in [0.3, 0.4) is 0 Å². The van der Waals surface area contributed by atoms with E-state index in [1.54, 1.807) is 6.20 Å². The highest BCUT2D eigenvalue weighted by Crippen LogP contribution is 2.28. The fraction of sp³-hybridized carbons (Fsp3) is 0.364. The van der Waals surface area contributed by atoms with Crippen molar-refractivity contribution in [3.8, 4) is 0 Å². The van der Waals surface area contributed by atoms with Crippen molar-refractivity contribution in [1.29, 1.82) is 0 Å². The van der Waals surface area contributed by atoms with Gasteiger partial charge in [-0.25, -0.2) is 0 Å². The molecule has 0 aliphatic heterocycles. The fourth-order valence-corrected chi connectivity index (χ4v) is 1.77. The van der Waals surface area contributed by atoms with Gasteiger partial charge in [-0.2, -0.15) is 0 Å². The highest BCUT2D eigenvalue weighted by Gasteiger charge is 2.13. The van der Waals surface area contributed by atoms with Crippen molar-refractivity contribution in [1.82, 2.24) is 4.98 Å². The second-order valence-electron chi connectivity index (χ2n) is 3.73. The largest absolute Gasteiger partial charge is 0.398 e. The number of hydrogen-bond acceptors (Lipinski definition) is 3. The van der Waals surface area contributed by atoms with Gasteiger partial charge in [-0.15, -0.1) is 0 Å². The van der Waals surface area contributed by atoms with E-state index >= 15 is 0 Å². The summed E-state index contributed by atoms with van der Waals surface area (Å²) < 4.78 is 0. The summed E-state index contributed by atoms with van der Waals surface area (Å²) in [6.45, 7) is 0. The van der Waals surface area contributed by atoms with E-state index in [2.05, 4.69) is 11.1 Å². The van der Waals surface area contributed by atoms with Gasteiger partial charge in [0.1, 0.15) is 0 Å². The number of rotatable bonds is 1. The molecule has 0 aromatic carbocycles. The Kier molecular flexibility index (Phi) is 2.50. The van der Waals surface area contributed by atoms with E-state index in [0.29, 0.717) is 6.04 Å². The van der Waals surface area contributed by atoms with E-state index in [9.17, 15) is 0 Å². The first-order valence-electron chi connectivity index (χ1n) is 4.92. The maximum absolute atomic E-state index is 5.87. The molecule has 3 heteroatoms. The predicted molar refractivity (Wildman–Crippen MR) is 58.5 cm³/mol. The van der Waals surface area contributed by atoms with Crippen LogP contribution in [0.15, 0.2) is 24.5 Å². The van der Waals surface area contributed by atoms with Gasteiger partial charge in [-0.05, 0) is 30.9 Å². The lowest BCUT2D eigenvalue weighted by Gasteiger charge is -2.19. The third kappa shape index (κ3) is 1.77. The minimum atomic E-state index is 0.316. The third-order valence-corrected chi connectivity index (χ3v) is 2.65. The molecule has 2 rings (SSSR count). The SMILES string of the molecule is Nc1ccncc1C1=CCC(N)CC1. The average Bonchev–Trinajstić information content (AvgIpc) is 2.20. The first kappa shape index (κ1) is 9.21. The molecule has 0 saturated heterocycles. The molecule has 1 aromatic heterocycles. The number of hydrogen-bond donors (Lipinski definition) is 2. The van der Waals surface area contributed by atoms with Gasteiger partial charge in [0.25, 0.3) is 0 Å². The van der Waals surface area contributed by atoms with Crippen molar-refractivity contribution in [2.24, 2.45) is 5.73 Å². The van der Waals surface area contributed by atoms with Gasteiger partial charge in [-0.1, -0.05) is 6.08 Å². The van der Waals surface area contributed by atoms with Crippen LogP contribution in [-0.4, -0.2) is 11.0 Å².